The molecule has 1 saturated carbocycles. The van der Waals surface area contributed by atoms with Crippen LogP contribution < -0.4 is 5.32 Å². The molecule has 1 unspecified atom stereocenters. The van der Waals surface area contributed by atoms with Crippen molar-refractivity contribution >= 4 is 27.7 Å². The van der Waals surface area contributed by atoms with Crippen LogP contribution in [0.15, 0.2) is 22.7 Å². The summed E-state index contributed by atoms with van der Waals surface area (Å²) in [5.74, 6) is -0.203. The van der Waals surface area contributed by atoms with Gasteiger partial charge in [0, 0.05) is 17.3 Å². The zero-order valence-corrected chi connectivity index (χ0v) is 13.2. The van der Waals surface area contributed by atoms with Crippen molar-refractivity contribution in [3.05, 3.63) is 34.1 Å². The standard InChI is InChI=1S/C14H19BrFNS/c1-10(11-4-5-13(16)12(15)8-11)17-9-14(18-2)6-3-7-14/h4-5,8,10,17H,3,6-7,9H2,1-2H3. The Labute approximate surface area is 121 Å². The SMILES string of the molecule is CSC1(CNC(C)c2ccc(F)c(Br)c2)CCC1. The van der Waals surface area contributed by atoms with Gasteiger partial charge in [-0.1, -0.05) is 12.5 Å². The highest BCUT2D eigenvalue weighted by Crippen LogP contribution is 2.42. The number of hydrogen-bond donors (Lipinski definition) is 1. The summed E-state index contributed by atoms with van der Waals surface area (Å²) in [5, 5.41) is 3.58. The highest BCUT2D eigenvalue weighted by atomic mass is 79.9. The molecule has 0 aliphatic heterocycles. The van der Waals surface area contributed by atoms with Gasteiger partial charge in [-0.25, -0.2) is 4.39 Å². The van der Waals surface area contributed by atoms with Crippen LogP contribution in [0.3, 0.4) is 0 Å². The maximum atomic E-state index is 13.2. The van der Waals surface area contributed by atoms with Crippen LogP contribution in [-0.2, 0) is 0 Å². The second kappa shape index (κ2) is 5.93. The summed E-state index contributed by atoms with van der Waals surface area (Å²) in [4.78, 5) is 0. The Morgan fingerprint density at radius 1 is 1.50 bits per heavy atom. The molecule has 0 heterocycles. The number of hydrogen-bond acceptors (Lipinski definition) is 2. The summed E-state index contributed by atoms with van der Waals surface area (Å²) in [6.45, 7) is 3.16. The van der Waals surface area contributed by atoms with Crippen LogP contribution in [0.5, 0.6) is 0 Å². The molecule has 1 nitrogen and oxygen atoms in total. The largest absolute Gasteiger partial charge is 0.309 e. The minimum absolute atomic E-state index is 0.203. The fourth-order valence-electron chi connectivity index (χ4n) is 2.26. The predicted octanol–water partition coefficient (Wildman–Crippen LogP) is 4.52. The Bertz CT molecular complexity index is 415. The number of benzene rings is 1. The average molecular weight is 332 g/mol. The van der Waals surface area contributed by atoms with Crippen molar-refractivity contribution < 1.29 is 4.39 Å². The van der Waals surface area contributed by atoms with E-state index >= 15 is 0 Å². The summed E-state index contributed by atoms with van der Waals surface area (Å²) >= 11 is 5.21. The van der Waals surface area contributed by atoms with E-state index in [9.17, 15) is 4.39 Å². The van der Waals surface area contributed by atoms with Crippen LogP contribution in [0.2, 0.25) is 0 Å². The number of rotatable bonds is 5. The summed E-state index contributed by atoms with van der Waals surface area (Å²) in [7, 11) is 0. The van der Waals surface area contributed by atoms with Gasteiger partial charge in [0.2, 0.25) is 0 Å². The molecule has 0 saturated heterocycles. The molecule has 1 atom stereocenters. The van der Waals surface area contributed by atoms with Crippen LogP contribution >= 0.6 is 27.7 Å². The van der Waals surface area contributed by atoms with E-state index in [0.717, 1.165) is 12.1 Å². The third kappa shape index (κ3) is 3.09. The molecule has 1 aromatic rings. The summed E-state index contributed by atoms with van der Waals surface area (Å²) in [5.41, 5.74) is 1.12. The molecule has 0 spiro atoms. The quantitative estimate of drug-likeness (QED) is 0.850. The average Bonchev–Trinajstić information content (AvgIpc) is 2.31. The molecule has 0 radical (unpaired) electrons. The first-order chi connectivity index (χ1) is 8.56. The zero-order valence-electron chi connectivity index (χ0n) is 10.8. The Morgan fingerprint density at radius 2 is 2.22 bits per heavy atom. The van der Waals surface area contributed by atoms with E-state index in [1.54, 1.807) is 0 Å². The highest BCUT2D eigenvalue weighted by molar-refractivity contribution is 9.10. The Kier molecular flexibility index (Phi) is 4.73. The zero-order chi connectivity index (χ0) is 13.2. The second-order valence-corrected chi connectivity index (χ2v) is 7.15. The Hall–Kier alpha value is -0.0600. The van der Waals surface area contributed by atoms with Crippen LogP contribution in [0, 0.1) is 5.82 Å². The second-order valence-electron chi connectivity index (χ2n) is 5.02. The molecule has 0 aromatic heterocycles. The lowest BCUT2D eigenvalue weighted by Gasteiger charge is -2.41. The van der Waals surface area contributed by atoms with Gasteiger partial charge in [0.1, 0.15) is 5.82 Å². The smallest absolute Gasteiger partial charge is 0.137 e. The highest BCUT2D eigenvalue weighted by Gasteiger charge is 2.35. The first kappa shape index (κ1) is 14.4. The van der Waals surface area contributed by atoms with E-state index in [-0.39, 0.29) is 11.9 Å². The Balaban J connectivity index is 1.94. The molecular weight excluding hydrogens is 313 g/mol. The van der Waals surface area contributed by atoms with Gasteiger partial charge in [0.15, 0.2) is 0 Å². The van der Waals surface area contributed by atoms with Gasteiger partial charge in [0.25, 0.3) is 0 Å². The lowest BCUT2D eigenvalue weighted by Crippen LogP contribution is -2.44. The molecule has 4 heteroatoms. The number of nitrogens with one attached hydrogen (secondary N) is 1. The lowest BCUT2D eigenvalue weighted by molar-refractivity contribution is 0.334. The van der Waals surface area contributed by atoms with Crippen molar-refractivity contribution in [1.82, 2.24) is 5.32 Å². The van der Waals surface area contributed by atoms with Gasteiger partial charge >= 0.3 is 0 Å². The van der Waals surface area contributed by atoms with Crippen molar-refractivity contribution in [1.29, 1.82) is 0 Å². The third-order valence-corrected chi connectivity index (χ3v) is 5.90. The minimum atomic E-state index is -0.203. The minimum Gasteiger partial charge on any atom is -0.309 e. The molecule has 2 rings (SSSR count). The van der Waals surface area contributed by atoms with Gasteiger partial charge in [-0.15, -0.1) is 0 Å². The molecule has 100 valence electrons. The maximum absolute atomic E-state index is 13.2. The fourth-order valence-corrected chi connectivity index (χ4v) is 3.58. The number of thioether (sulfide) groups is 1. The molecule has 18 heavy (non-hydrogen) atoms. The molecular formula is C14H19BrFNS. The van der Waals surface area contributed by atoms with E-state index in [0.29, 0.717) is 9.22 Å². The molecule has 1 aliphatic rings. The molecule has 1 N–H and O–H groups in total. The maximum Gasteiger partial charge on any atom is 0.137 e. The van der Waals surface area contributed by atoms with Gasteiger partial charge < -0.3 is 5.32 Å². The fraction of sp³-hybridized carbons (Fsp3) is 0.571. The van der Waals surface area contributed by atoms with E-state index < -0.39 is 0 Å². The van der Waals surface area contributed by atoms with E-state index in [2.05, 4.69) is 34.4 Å². The first-order valence-corrected chi connectivity index (χ1v) is 8.32. The number of halogens is 2. The van der Waals surface area contributed by atoms with Gasteiger partial charge in [-0.2, -0.15) is 11.8 Å². The Morgan fingerprint density at radius 3 is 2.72 bits per heavy atom. The lowest BCUT2D eigenvalue weighted by atomic mass is 9.84. The molecule has 1 aromatic carbocycles. The monoisotopic (exact) mass is 331 g/mol. The van der Waals surface area contributed by atoms with Gasteiger partial charge in [-0.05, 0) is 59.6 Å². The van der Waals surface area contributed by atoms with E-state index in [1.807, 2.05) is 23.9 Å². The van der Waals surface area contributed by atoms with Crippen molar-refractivity contribution in [3.63, 3.8) is 0 Å². The molecule has 1 aliphatic carbocycles. The molecule has 0 bridgehead atoms. The van der Waals surface area contributed by atoms with Crippen LogP contribution in [0.1, 0.15) is 37.8 Å². The van der Waals surface area contributed by atoms with Crippen molar-refractivity contribution in [2.75, 3.05) is 12.8 Å². The summed E-state index contributed by atoms with van der Waals surface area (Å²) < 4.78 is 14.2. The van der Waals surface area contributed by atoms with Crippen molar-refractivity contribution in [2.45, 2.75) is 37.0 Å². The predicted molar refractivity (Wildman–Crippen MR) is 80.6 cm³/mol. The van der Waals surface area contributed by atoms with Crippen LogP contribution in [-0.4, -0.2) is 17.5 Å². The summed E-state index contributed by atoms with van der Waals surface area (Å²) in [6, 6.07) is 5.49. The van der Waals surface area contributed by atoms with E-state index in [1.165, 1.54) is 25.3 Å². The van der Waals surface area contributed by atoms with Crippen molar-refractivity contribution in [2.24, 2.45) is 0 Å². The van der Waals surface area contributed by atoms with Crippen LogP contribution in [0.4, 0.5) is 4.39 Å². The van der Waals surface area contributed by atoms with Crippen molar-refractivity contribution in [3.8, 4) is 0 Å². The van der Waals surface area contributed by atoms with Crippen LogP contribution in [0.25, 0.3) is 0 Å². The first-order valence-electron chi connectivity index (χ1n) is 6.30. The van der Waals surface area contributed by atoms with E-state index in [4.69, 9.17) is 0 Å². The normalized spacial score (nSPS) is 19.3. The topological polar surface area (TPSA) is 12.0 Å². The third-order valence-electron chi connectivity index (χ3n) is 3.87. The van der Waals surface area contributed by atoms with Gasteiger partial charge in [0.05, 0.1) is 4.47 Å². The molecule has 0 amide bonds. The summed E-state index contributed by atoms with van der Waals surface area (Å²) in [6.07, 6.45) is 6.15. The molecule has 1 fully saturated rings. The van der Waals surface area contributed by atoms with Gasteiger partial charge in [-0.3, -0.25) is 0 Å².